The van der Waals surface area contributed by atoms with Gasteiger partial charge in [0.2, 0.25) is 0 Å². The molecule has 0 saturated heterocycles. The first kappa shape index (κ1) is 13.0. The molecule has 0 heterocycles. The van der Waals surface area contributed by atoms with E-state index in [0.29, 0.717) is 0 Å². The molecule has 3 N–H and O–H groups in total. The van der Waals surface area contributed by atoms with Gasteiger partial charge in [0.15, 0.2) is 0 Å². The molecule has 1 atom stereocenters. The summed E-state index contributed by atoms with van der Waals surface area (Å²) in [4.78, 5) is 0. The van der Waals surface area contributed by atoms with Crippen molar-refractivity contribution in [1.82, 2.24) is 0 Å². The van der Waals surface area contributed by atoms with Crippen LogP contribution in [0.2, 0.25) is 0 Å². The predicted octanol–water partition coefficient (Wildman–Crippen LogP) is 3.18. The Bertz CT molecular complexity index is 279. The summed E-state index contributed by atoms with van der Waals surface area (Å²) in [5, 5.41) is 3.35. The highest BCUT2D eigenvalue weighted by atomic mass is 14.9. The Morgan fingerprint density at radius 3 is 2.44 bits per heavy atom. The number of benzene rings is 1. The third-order valence-electron chi connectivity index (χ3n) is 2.87. The minimum absolute atomic E-state index is 0.250. The molecule has 1 aromatic rings. The number of unbranched alkanes of at least 4 members (excludes halogenated alkanes) is 1. The van der Waals surface area contributed by atoms with E-state index in [1.165, 1.54) is 30.5 Å². The van der Waals surface area contributed by atoms with E-state index in [4.69, 9.17) is 5.73 Å². The minimum atomic E-state index is 0.250. The molecule has 0 amide bonds. The summed E-state index contributed by atoms with van der Waals surface area (Å²) in [6.07, 6.45) is 4.73. The number of hydrogen-bond donors (Lipinski definition) is 2. The second kappa shape index (κ2) is 7.29. The third kappa shape index (κ3) is 4.67. The lowest BCUT2D eigenvalue weighted by atomic mass is 10.1. The molecule has 16 heavy (non-hydrogen) atoms. The van der Waals surface area contributed by atoms with Crippen LogP contribution in [0.4, 0.5) is 5.69 Å². The predicted molar refractivity (Wildman–Crippen MR) is 71.8 cm³/mol. The maximum atomic E-state index is 5.85. The summed E-state index contributed by atoms with van der Waals surface area (Å²) in [5.74, 6) is 0. The van der Waals surface area contributed by atoms with Crippen molar-refractivity contribution in [2.45, 2.75) is 45.6 Å². The van der Waals surface area contributed by atoms with Crippen LogP contribution in [0.3, 0.4) is 0 Å². The molecule has 1 aromatic carbocycles. The van der Waals surface area contributed by atoms with Gasteiger partial charge in [-0.05, 0) is 37.0 Å². The van der Waals surface area contributed by atoms with Crippen molar-refractivity contribution in [3.05, 3.63) is 29.8 Å². The summed E-state index contributed by atoms with van der Waals surface area (Å²) in [6.45, 7) is 5.19. The Balaban J connectivity index is 2.38. The van der Waals surface area contributed by atoms with E-state index in [9.17, 15) is 0 Å². The molecule has 0 bridgehead atoms. The fourth-order valence-electron chi connectivity index (χ4n) is 1.56. The van der Waals surface area contributed by atoms with Crippen LogP contribution >= 0.6 is 0 Å². The lowest BCUT2D eigenvalue weighted by molar-refractivity contribution is 0.679. The molecule has 0 aromatic heterocycles. The van der Waals surface area contributed by atoms with Gasteiger partial charge in [-0.2, -0.15) is 0 Å². The molecular formula is C14H24N2. The van der Waals surface area contributed by atoms with E-state index in [2.05, 4.69) is 43.4 Å². The van der Waals surface area contributed by atoms with E-state index in [0.717, 1.165) is 13.0 Å². The van der Waals surface area contributed by atoms with Crippen molar-refractivity contribution in [3.63, 3.8) is 0 Å². The largest absolute Gasteiger partial charge is 0.383 e. The van der Waals surface area contributed by atoms with Gasteiger partial charge < -0.3 is 11.1 Å². The molecule has 90 valence electrons. The van der Waals surface area contributed by atoms with Crippen LogP contribution in [0.25, 0.3) is 0 Å². The van der Waals surface area contributed by atoms with E-state index in [1.807, 2.05) is 0 Å². The molecule has 2 nitrogen and oxygen atoms in total. The van der Waals surface area contributed by atoms with Gasteiger partial charge in [0.1, 0.15) is 0 Å². The van der Waals surface area contributed by atoms with Crippen LogP contribution < -0.4 is 11.1 Å². The van der Waals surface area contributed by atoms with Crippen molar-refractivity contribution in [3.8, 4) is 0 Å². The van der Waals surface area contributed by atoms with Gasteiger partial charge in [-0.3, -0.25) is 0 Å². The summed E-state index contributed by atoms with van der Waals surface area (Å²) < 4.78 is 0. The first-order chi connectivity index (χ1) is 7.76. The summed E-state index contributed by atoms with van der Waals surface area (Å²) in [5.41, 5.74) is 8.45. The highest BCUT2D eigenvalue weighted by molar-refractivity contribution is 5.44. The SMILES string of the molecule is CCCCc1ccc(NCC(N)CC)cc1. The zero-order valence-electron chi connectivity index (χ0n) is 10.5. The molecule has 0 aliphatic rings. The number of hydrogen-bond acceptors (Lipinski definition) is 2. The van der Waals surface area contributed by atoms with Crippen molar-refractivity contribution in [2.24, 2.45) is 5.73 Å². The van der Waals surface area contributed by atoms with Crippen LogP contribution in [-0.2, 0) is 6.42 Å². The van der Waals surface area contributed by atoms with Crippen LogP contribution in [0.15, 0.2) is 24.3 Å². The number of rotatable bonds is 7. The van der Waals surface area contributed by atoms with Crippen LogP contribution in [-0.4, -0.2) is 12.6 Å². The lowest BCUT2D eigenvalue weighted by Crippen LogP contribution is -2.27. The smallest absolute Gasteiger partial charge is 0.0340 e. The van der Waals surface area contributed by atoms with Gasteiger partial charge >= 0.3 is 0 Å². The number of nitrogens with one attached hydrogen (secondary N) is 1. The van der Waals surface area contributed by atoms with Gasteiger partial charge in [-0.25, -0.2) is 0 Å². The Labute approximate surface area is 99.2 Å². The highest BCUT2D eigenvalue weighted by Gasteiger charge is 1.98. The van der Waals surface area contributed by atoms with Gasteiger partial charge in [0.25, 0.3) is 0 Å². The molecule has 0 spiro atoms. The molecule has 2 heteroatoms. The quantitative estimate of drug-likeness (QED) is 0.740. The Morgan fingerprint density at radius 1 is 1.19 bits per heavy atom. The maximum Gasteiger partial charge on any atom is 0.0340 e. The second-order valence-corrected chi connectivity index (χ2v) is 4.35. The minimum Gasteiger partial charge on any atom is -0.383 e. The van der Waals surface area contributed by atoms with E-state index in [-0.39, 0.29) is 6.04 Å². The van der Waals surface area contributed by atoms with Gasteiger partial charge in [0.05, 0.1) is 0 Å². The lowest BCUT2D eigenvalue weighted by Gasteiger charge is -2.11. The Hall–Kier alpha value is -1.02. The van der Waals surface area contributed by atoms with Gasteiger partial charge in [-0.1, -0.05) is 32.4 Å². The number of anilines is 1. The van der Waals surface area contributed by atoms with Crippen molar-refractivity contribution < 1.29 is 0 Å². The first-order valence-electron chi connectivity index (χ1n) is 6.34. The second-order valence-electron chi connectivity index (χ2n) is 4.35. The number of aryl methyl sites for hydroxylation is 1. The zero-order valence-corrected chi connectivity index (χ0v) is 10.5. The average Bonchev–Trinajstić information content (AvgIpc) is 2.34. The molecular weight excluding hydrogens is 196 g/mol. The van der Waals surface area contributed by atoms with Gasteiger partial charge in [0, 0.05) is 18.3 Å². The summed E-state index contributed by atoms with van der Waals surface area (Å²) in [7, 11) is 0. The standard InChI is InChI=1S/C14H24N2/c1-3-5-6-12-7-9-14(10-8-12)16-11-13(15)4-2/h7-10,13,16H,3-6,11,15H2,1-2H3. The van der Waals surface area contributed by atoms with Gasteiger partial charge in [-0.15, -0.1) is 0 Å². The van der Waals surface area contributed by atoms with Crippen LogP contribution in [0.1, 0.15) is 38.7 Å². The van der Waals surface area contributed by atoms with Crippen molar-refractivity contribution >= 4 is 5.69 Å². The first-order valence-corrected chi connectivity index (χ1v) is 6.34. The fourth-order valence-corrected chi connectivity index (χ4v) is 1.56. The molecule has 0 aliphatic heterocycles. The molecule has 1 unspecified atom stereocenters. The summed E-state index contributed by atoms with van der Waals surface area (Å²) in [6, 6.07) is 8.95. The van der Waals surface area contributed by atoms with Crippen LogP contribution in [0, 0.1) is 0 Å². The zero-order chi connectivity index (χ0) is 11.8. The topological polar surface area (TPSA) is 38.0 Å². The molecule has 0 radical (unpaired) electrons. The van der Waals surface area contributed by atoms with E-state index < -0.39 is 0 Å². The molecule has 1 rings (SSSR count). The van der Waals surface area contributed by atoms with Crippen molar-refractivity contribution in [1.29, 1.82) is 0 Å². The normalized spacial score (nSPS) is 12.4. The fraction of sp³-hybridized carbons (Fsp3) is 0.571. The molecule has 0 aliphatic carbocycles. The Kier molecular flexibility index (Phi) is 5.94. The monoisotopic (exact) mass is 220 g/mol. The third-order valence-corrected chi connectivity index (χ3v) is 2.87. The van der Waals surface area contributed by atoms with Crippen molar-refractivity contribution in [2.75, 3.05) is 11.9 Å². The highest BCUT2D eigenvalue weighted by Crippen LogP contribution is 2.11. The summed E-state index contributed by atoms with van der Waals surface area (Å²) >= 11 is 0. The number of nitrogens with two attached hydrogens (primary N) is 1. The van der Waals surface area contributed by atoms with Crippen LogP contribution in [0.5, 0.6) is 0 Å². The average molecular weight is 220 g/mol. The maximum absolute atomic E-state index is 5.85. The van der Waals surface area contributed by atoms with E-state index in [1.54, 1.807) is 0 Å². The Morgan fingerprint density at radius 2 is 1.88 bits per heavy atom. The van der Waals surface area contributed by atoms with E-state index >= 15 is 0 Å². The molecule has 0 fully saturated rings. The molecule has 0 saturated carbocycles.